The van der Waals surface area contributed by atoms with E-state index in [4.69, 9.17) is 11.6 Å². The second-order valence-corrected chi connectivity index (χ2v) is 5.85. The van der Waals surface area contributed by atoms with Crippen molar-refractivity contribution in [1.29, 1.82) is 0 Å². The molecule has 1 aromatic rings. The first-order valence-corrected chi connectivity index (χ1v) is 6.55. The lowest BCUT2D eigenvalue weighted by atomic mass is 9.94. The van der Waals surface area contributed by atoms with E-state index in [1.165, 1.54) is 6.07 Å². The van der Waals surface area contributed by atoms with Crippen LogP contribution in [0.3, 0.4) is 0 Å². The maximum atomic E-state index is 13.2. The van der Waals surface area contributed by atoms with E-state index in [1.54, 1.807) is 12.1 Å². The Morgan fingerprint density at radius 1 is 1.44 bits per heavy atom. The predicted octanol–water partition coefficient (Wildman–Crippen LogP) is 3.37. The Labute approximate surface area is 113 Å². The van der Waals surface area contributed by atoms with Crippen molar-refractivity contribution >= 4 is 11.6 Å². The fourth-order valence-corrected chi connectivity index (χ4v) is 2.19. The number of aliphatic hydroxyl groups is 1. The summed E-state index contributed by atoms with van der Waals surface area (Å²) in [5.41, 5.74) is 0.0799. The lowest BCUT2D eigenvalue weighted by molar-refractivity contribution is 0.0383. The molecule has 102 valence electrons. The predicted molar refractivity (Wildman–Crippen MR) is 73.2 cm³/mol. The van der Waals surface area contributed by atoms with Gasteiger partial charge in [-0.15, -0.1) is 0 Å². The van der Waals surface area contributed by atoms with E-state index in [2.05, 4.69) is 19.2 Å². The molecule has 1 aromatic carbocycles. The van der Waals surface area contributed by atoms with Crippen LogP contribution in [0, 0.1) is 11.7 Å². The van der Waals surface area contributed by atoms with E-state index < -0.39 is 11.4 Å². The summed E-state index contributed by atoms with van der Waals surface area (Å²) in [6.45, 7) is 6.95. The average molecular weight is 274 g/mol. The minimum atomic E-state index is -0.737. The molecule has 0 saturated carbocycles. The van der Waals surface area contributed by atoms with Crippen molar-refractivity contribution in [2.45, 2.75) is 39.3 Å². The quantitative estimate of drug-likeness (QED) is 0.833. The van der Waals surface area contributed by atoms with Crippen LogP contribution in [-0.4, -0.2) is 17.3 Å². The number of hydrogen-bond donors (Lipinski definition) is 2. The highest BCUT2D eigenvalue weighted by atomic mass is 35.5. The fourth-order valence-electron chi connectivity index (χ4n) is 2.08. The van der Waals surface area contributed by atoms with Crippen molar-refractivity contribution in [3.05, 3.63) is 34.6 Å². The van der Waals surface area contributed by atoms with Gasteiger partial charge in [0.15, 0.2) is 0 Å². The van der Waals surface area contributed by atoms with Crippen LogP contribution in [0.25, 0.3) is 0 Å². The lowest BCUT2D eigenvalue weighted by Gasteiger charge is -2.25. The zero-order chi connectivity index (χ0) is 13.8. The summed E-state index contributed by atoms with van der Waals surface area (Å²) in [6.07, 6.45) is 0.731. The summed E-state index contributed by atoms with van der Waals surface area (Å²) < 4.78 is 13.2. The van der Waals surface area contributed by atoms with Crippen molar-refractivity contribution in [2.75, 3.05) is 6.54 Å². The fraction of sp³-hybridized carbons (Fsp3) is 0.571. The van der Waals surface area contributed by atoms with E-state index in [9.17, 15) is 9.50 Å². The highest BCUT2D eigenvalue weighted by Crippen LogP contribution is 2.17. The lowest BCUT2D eigenvalue weighted by Crippen LogP contribution is -2.38. The smallest absolute Gasteiger partial charge is 0.142 e. The maximum absolute atomic E-state index is 13.2. The van der Waals surface area contributed by atoms with Crippen molar-refractivity contribution in [3.8, 4) is 0 Å². The second-order valence-electron chi connectivity index (χ2n) is 5.45. The van der Waals surface area contributed by atoms with Crippen molar-refractivity contribution < 1.29 is 9.50 Å². The van der Waals surface area contributed by atoms with E-state index >= 15 is 0 Å². The molecule has 0 bridgehead atoms. The Hall–Kier alpha value is -0.640. The standard InChI is InChI=1S/C14H21ClFNO/c1-10(2)7-14(3,18)9-17-8-11-4-5-12(15)13(16)6-11/h4-6,10,17-18H,7-9H2,1-3H3. The molecule has 0 fully saturated rings. The molecule has 0 aromatic heterocycles. The molecule has 0 radical (unpaired) electrons. The molecular formula is C14H21ClFNO. The molecule has 2 nitrogen and oxygen atoms in total. The van der Waals surface area contributed by atoms with Crippen molar-refractivity contribution in [2.24, 2.45) is 5.92 Å². The summed E-state index contributed by atoms with van der Waals surface area (Å²) in [5.74, 6) is 0.0275. The van der Waals surface area contributed by atoms with Crippen LogP contribution in [0.4, 0.5) is 4.39 Å². The van der Waals surface area contributed by atoms with Gasteiger partial charge < -0.3 is 10.4 Å². The molecule has 0 aliphatic carbocycles. The van der Waals surface area contributed by atoms with Crippen LogP contribution in [-0.2, 0) is 6.54 Å². The summed E-state index contributed by atoms with van der Waals surface area (Å²) in [7, 11) is 0. The zero-order valence-electron chi connectivity index (χ0n) is 11.1. The number of rotatable bonds is 6. The second kappa shape index (κ2) is 6.50. The van der Waals surface area contributed by atoms with E-state index in [0.29, 0.717) is 19.0 Å². The van der Waals surface area contributed by atoms with Crippen LogP contribution < -0.4 is 5.32 Å². The number of hydrogen-bond acceptors (Lipinski definition) is 2. The molecule has 0 saturated heterocycles. The van der Waals surface area contributed by atoms with E-state index in [1.807, 2.05) is 6.92 Å². The van der Waals surface area contributed by atoms with Gasteiger partial charge in [0.25, 0.3) is 0 Å². The molecule has 4 heteroatoms. The Morgan fingerprint density at radius 2 is 2.11 bits per heavy atom. The third-order valence-corrected chi connectivity index (χ3v) is 2.97. The van der Waals surface area contributed by atoms with Gasteiger partial charge in [-0.2, -0.15) is 0 Å². The maximum Gasteiger partial charge on any atom is 0.142 e. The minimum Gasteiger partial charge on any atom is -0.389 e. The van der Waals surface area contributed by atoms with Gasteiger partial charge >= 0.3 is 0 Å². The van der Waals surface area contributed by atoms with Gasteiger partial charge in [0.2, 0.25) is 0 Å². The van der Waals surface area contributed by atoms with Crippen LogP contribution in [0.1, 0.15) is 32.8 Å². The third-order valence-electron chi connectivity index (χ3n) is 2.67. The van der Waals surface area contributed by atoms with Crippen molar-refractivity contribution in [3.63, 3.8) is 0 Å². The van der Waals surface area contributed by atoms with Crippen molar-refractivity contribution in [1.82, 2.24) is 5.32 Å². The molecule has 0 spiro atoms. The molecular weight excluding hydrogens is 253 g/mol. The average Bonchev–Trinajstić information content (AvgIpc) is 2.21. The van der Waals surface area contributed by atoms with Gasteiger partial charge in [0.05, 0.1) is 10.6 Å². The van der Waals surface area contributed by atoms with Gasteiger partial charge in [0, 0.05) is 13.1 Å². The molecule has 0 aliphatic heterocycles. The van der Waals surface area contributed by atoms with Crippen LogP contribution in [0.2, 0.25) is 5.02 Å². The molecule has 0 heterocycles. The van der Waals surface area contributed by atoms with Gasteiger partial charge in [-0.1, -0.05) is 31.5 Å². The highest BCUT2D eigenvalue weighted by molar-refractivity contribution is 6.30. The monoisotopic (exact) mass is 273 g/mol. The largest absolute Gasteiger partial charge is 0.389 e. The van der Waals surface area contributed by atoms with Gasteiger partial charge in [-0.3, -0.25) is 0 Å². The molecule has 0 aliphatic rings. The zero-order valence-corrected chi connectivity index (χ0v) is 11.9. The van der Waals surface area contributed by atoms with Gasteiger partial charge in [-0.25, -0.2) is 4.39 Å². The molecule has 1 atom stereocenters. The van der Waals surface area contributed by atoms with Crippen LogP contribution >= 0.6 is 11.6 Å². The minimum absolute atomic E-state index is 0.130. The summed E-state index contributed by atoms with van der Waals surface area (Å²) in [5, 5.41) is 13.4. The van der Waals surface area contributed by atoms with Gasteiger partial charge in [-0.05, 0) is 37.0 Å². The first-order valence-electron chi connectivity index (χ1n) is 6.17. The Kier molecular flexibility index (Phi) is 5.57. The molecule has 1 rings (SSSR count). The highest BCUT2D eigenvalue weighted by Gasteiger charge is 2.21. The number of nitrogens with one attached hydrogen (secondary N) is 1. The van der Waals surface area contributed by atoms with Gasteiger partial charge in [0.1, 0.15) is 5.82 Å². The Morgan fingerprint density at radius 3 is 2.67 bits per heavy atom. The van der Waals surface area contributed by atoms with E-state index in [-0.39, 0.29) is 5.02 Å². The normalized spacial score (nSPS) is 14.8. The first-order chi connectivity index (χ1) is 8.30. The third kappa shape index (κ3) is 5.34. The molecule has 1 unspecified atom stereocenters. The topological polar surface area (TPSA) is 32.3 Å². The van der Waals surface area contributed by atoms with Crippen LogP contribution in [0.5, 0.6) is 0 Å². The first kappa shape index (κ1) is 15.4. The summed E-state index contributed by atoms with van der Waals surface area (Å²) in [4.78, 5) is 0. The van der Waals surface area contributed by atoms with Crippen LogP contribution in [0.15, 0.2) is 18.2 Å². The number of benzene rings is 1. The van der Waals surface area contributed by atoms with E-state index in [0.717, 1.165) is 12.0 Å². The summed E-state index contributed by atoms with van der Waals surface area (Å²) in [6, 6.07) is 4.72. The molecule has 2 N–H and O–H groups in total. The summed E-state index contributed by atoms with van der Waals surface area (Å²) >= 11 is 5.61. The SMILES string of the molecule is CC(C)CC(C)(O)CNCc1ccc(Cl)c(F)c1. The number of halogens is 2. The Balaban J connectivity index is 2.43. The Bertz CT molecular complexity index is 393. The molecule has 0 amide bonds. The molecule has 18 heavy (non-hydrogen) atoms.